The summed E-state index contributed by atoms with van der Waals surface area (Å²) in [6.07, 6.45) is 0.0224. The van der Waals surface area contributed by atoms with Crippen molar-refractivity contribution in [2.45, 2.75) is 19.3 Å². The van der Waals surface area contributed by atoms with E-state index in [0.717, 1.165) is 0 Å². The van der Waals surface area contributed by atoms with Crippen molar-refractivity contribution >= 4 is 16.0 Å². The highest BCUT2D eigenvalue weighted by Crippen LogP contribution is 1.94. The van der Waals surface area contributed by atoms with E-state index in [2.05, 4.69) is 4.72 Å². The first-order chi connectivity index (χ1) is 6.48. The molecule has 14 heavy (non-hydrogen) atoms. The first-order valence-corrected chi connectivity index (χ1v) is 5.69. The van der Waals surface area contributed by atoms with Gasteiger partial charge in [0, 0.05) is 19.4 Å². The quantitative estimate of drug-likeness (QED) is 0.572. The molecule has 0 amide bonds. The van der Waals surface area contributed by atoms with E-state index in [1.807, 2.05) is 0 Å². The molecule has 7 heteroatoms. The van der Waals surface area contributed by atoms with Gasteiger partial charge < -0.3 is 5.11 Å². The fraction of sp³-hybridized carbons (Fsp3) is 0.714. The van der Waals surface area contributed by atoms with E-state index in [0.29, 0.717) is 0 Å². The van der Waals surface area contributed by atoms with Gasteiger partial charge in [-0.3, -0.25) is 4.79 Å². The van der Waals surface area contributed by atoms with E-state index in [1.54, 1.807) is 6.07 Å². The SMILES string of the molecule is N#CCCNS(=O)(=O)CCCC(=O)O. The predicted molar refractivity (Wildman–Crippen MR) is 48.9 cm³/mol. The standard InChI is InChI=1S/C7H12N2O4S/c8-4-2-5-9-14(12,13)6-1-3-7(10)11/h9H,1-3,5-6H2,(H,10,11). The Labute approximate surface area is 82.6 Å². The summed E-state index contributed by atoms with van der Waals surface area (Å²) in [6, 6.07) is 1.79. The van der Waals surface area contributed by atoms with Crippen LogP contribution < -0.4 is 4.72 Å². The smallest absolute Gasteiger partial charge is 0.303 e. The van der Waals surface area contributed by atoms with E-state index < -0.39 is 16.0 Å². The molecule has 80 valence electrons. The summed E-state index contributed by atoms with van der Waals surface area (Å²) in [6.45, 7) is 0.0753. The normalized spacial score (nSPS) is 10.8. The second-order valence-electron chi connectivity index (χ2n) is 2.62. The summed E-state index contributed by atoms with van der Waals surface area (Å²) in [4.78, 5) is 10.1. The summed E-state index contributed by atoms with van der Waals surface area (Å²) < 4.78 is 24.3. The number of hydrogen-bond acceptors (Lipinski definition) is 4. The molecule has 6 nitrogen and oxygen atoms in total. The summed E-state index contributed by atoms with van der Waals surface area (Å²) >= 11 is 0. The Kier molecular flexibility index (Phi) is 5.83. The highest BCUT2D eigenvalue weighted by Gasteiger charge is 2.09. The van der Waals surface area contributed by atoms with E-state index in [1.165, 1.54) is 0 Å². The molecule has 0 atom stereocenters. The van der Waals surface area contributed by atoms with E-state index >= 15 is 0 Å². The summed E-state index contributed by atoms with van der Waals surface area (Å²) in [5.74, 6) is -1.23. The number of carbonyl (C=O) groups is 1. The maximum absolute atomic E-state index is 11.1. The molecule has 0 rings (SSSR count). The Hall–Kier alpha value is -1.13. The largest absolute Gasteiger partial charge is 0.481 e. The van der Waals surface area contributed by atoms with Crippen molar-refractivity contribution in [3.63, 3.8) is 0 Å². The third-order valence-electron chi connectivity index (χ3n) is 1.36. The van der Waals surface area contributed by atoms with Crippen LogP contribution in [0.2, 0.25) is 0 Å². The van der Waals surface area contributed by atoms with Crippen molar-refractivity contribution in [2.24, 2.45) is 0 Å². The van der Waals surface area contributed by atoms with Gasteiger partial charge in [-0.15, -0.1) is 0 Å². The Balaban J connectivity index is 3.74. The number of aliphatic carboxylic acids is 1. The van der Waals surface area contributed by atoms with Crippen LogP contribution in [0.5, 0.6) is 0 Å². The average Bonchev–Trinajstić information content (AvgIpc) is 2.03. The van der Waals surface area contributed by atoms with Gasteiger partial charge in [-0.1, -0.05) is 0 Å². The Morgan fingerprint density at radius 2 is 2.14 bits per heavy atom. The predicted octanol–water partition coefficient (Wildman–Crippen LogP) is -0.316. The van der Waals surface area contributed by atoms with Crippen LogP contribution in [0.3, 0.4) is 0 Å². The number of rotatable bonds is 7. The minimum atomic E-state index is -3.41. The molecule has 0 radical (unpaired) electrons. The maximum Gasteiger partial charge on any atom is 0.303 e. The van der Waals surface area contributed by atoms with E-state index in [-0.39, 0.29) is 31.6 Å². The van der Waals surface area contributed by atoms with Gasteiger partial charge in [-0.25, -0.2) is 13.1 Å². The van der Waals surface area contributed by atoms with Crippen molar-refractivity contribution in [3.8, 4) is 6.07 Å². The van der Waals surface area contributed by atoms with Crippen LogP contribution in [-0.4, -0.2) is 31.8 Å². The lowest BCUT2D eigenvalue weighted by molar-refractivity contribution is -0.137. The number of nitrogens with zero attached hydrogens (tertiary/aromatic N) is 1. The first-order valence-electron chi connectivity index (χ1n) is 4.04. The molecule has 0 heterocycles. The van der Waals surface area contributed by atoms with Gasteiger partial charge in [-0.05, 0) is 6.42 Å². The van der Waals surface area contributed by atoms with Gasteiger partial charge in [-0.2, -0.15) is 5.26 Å². The van der Waals surface area contributed by atoms with E-state index in [4.69, 9.17) is 10.4 Å². The van der Waals surface area contributed by atoms with Gasteiger partial charge >= 0.3 is 5.97 Å². The lowest BCUT2D eigenvalue weighted by Crippen LogP contribution is -2.27. The van der Waals surface area contributed by atoms with Gasteiger partial charge in [0.1, 0.15) is 0 Å². The second kappa shape index (κ2) is 6.34. The third-order valence-corrected chi connectivity index (χ3v) is 2.83. The fourth-order valence-electron chi connectivity index (χ4n) is 0.748. The van der Waals surface area contributed by atoms with Crippen molar-refractivity contribution in [1.82, 2.24) is 4.72 Å². The van der Waals surface area contributed by atoms with Crippen LogP contribution in [0, 0.1) is 11.3 Å². The zero-order chi connectivity index (χ0) is 11.0. The van der Waals surface area contributed by atoms with Crippen LogP contribution in [0.25, 0.3) is 0 Å². The first kappa shape index (κ1) is 12.9. The molecule has 2 N–H and O–H groups in total. The van der Waals surface area contributed by atoms with Crippen molar-refractivity contribution < 1.29 is 18.3 Å². The molecule has 0 fully saturated rings. The zero-order valence-electron chi connectivity index (χ0n) is 7.56. The molecule has 0 saturated heterocycles. The van der Waals surface area contributed by atoms with Crippen LogP contribution in [-0.2, 0) is 14.8 Å². The van der Waals surface area contributed by atoms with Crippen LogP contribution in [0.15, 0.2) is 0 Å². The molecule has 0 saturated carbocycles. The highest BCUT2D eigenvalue weighted by molar-refractivity contribution is 7.89. The maximum atomic E-state index is 11.1. The molecule has 0 aliphatic carbocycles. The summed E-state index contributed by atoms with van der Waals surface area (Å²) in [7, 11) is -3.41. The Morgan fingerprint density at radius 3 is 2.64 bits per heavy atom. The lowest BCUT2D eigenvalue weighted by Gasteiger charge is -2.02. The number of carboxylic acid groups (broad SMARTS) is 1. The van der Waals surface area contributed by atoms with Gasteiger partial charge in [0.2, 0.25) is 10.0 Å². The average molecular weight is 220 g/mol. The minimum absolute atomic E-state index is 0.0753. The van der Waals surface area contributed by atoms with Crippen LogP contribution in [0.4, 0.5) is 0 Å². The van der Waals surface area contributed by atoms with Crippen LogP contribution >= 0.6 is 0 Å². The number of sulfonamides is 1. The van der Waals surface area contributed by atoms with Gasteiger partial charge in [0.15, 0.2) is 0 Å². The fourth-order valence-corrected chi connectivity index (χ4v) is 1.83. The number of carboxylic acids is 1. The number of hydrogen-bond donors (Lipinski definition) is 2. The topological polar surface area (TPSA) is 107 Å². The van der Waals surface area contributed by atoms with Gasteiger partial charge in [0.05, 0.1) is 11.8 Å². The molecule has 0 aliphatic rings. The summed E-state index contributed by atoms with van der Waals surface area (Å²) in [5.41, 5.74) is 0. The molecule has 0 aromatic rings. The van der Waals surface area contributed by atoms with E-state index in [9.17, 15) is 13.2 Å². The minimum Gasteiger partial charge on any atom is -0.481 e. The molecule has 0 bridgehead atoms. The highest BCUT2D eigenvalue weighted by atomic mass is 32.2. The molecular weight excluding hydrogens is 208 g/mol. The summed E-state index contributed by atoms with van der Waals surface area (Å²) in [5, 5.41) is 16.4. The lowest BCUT2D eigenvalue weighted by atomic mass is 10.3. The van der Waals surface area contributed by atoms with Crippen molar-refractivity contribution in [1.29, 1.82) is 5.26 Å². The third kappa shape index (κ3) is 7.52. The number of nitriles is 1. The molecule has 0 aliphatic heterocycles. The monoisotopic (exact) mass is 220 g/mol. The zero-order valence-corrected chi connectivity index (χ0v) is 8.38. The van der Waals surface area contributed by atoms with Crippen molar-refractivity contribution in [3.05, 3.63) is 0 Å². The molecule has 0 spiro atoms. The molecular formula is C7H12N2O4S. The second-order valence-corrected chi connectivity index (χ2v) is 4.55. The molecule has 0 aromatic carbocycles. The van der Waals surface area contributed by atoms with Crippen molar-refractivity contribution in [2.75, 3.05) is 12.3 Å². The van der Waals surface area contributed by atoms with Gasteiger partial charge in [0.25, 0.3) is 0 Å². The van der Waals surface area contributed by atoms with Crippen LogP contribution in [0.1, 0.15) is 19.3 Å². The Morgan fingerprint density at radius 1 is 1.50 bits per heavy atom. The molecule has 0 aromatic heterocycles. The number of nitrogens with one attached hydrogen (secondary N) is 1. The Bertz CT molecular complexity index is 317. The molecule has 0 unspecified atom stereocenters.